The lowest BCUT2D eigenvalue weighted by molar-refractivity contribution is -0.384. The van der Waals surface area contributed by atoms with E-state index in [0.29, 0.717) is 11.7 Å². The molecule has 6 heteroatoms. The summed E-state index contributed by atoms with van der Waals surface area (Å²) in [5, 5.41) is 14.6. The fourth-order valence-corrected chi connectivity index (χ4v) is 3.63. The summed E-state index contributed by atoms with van der Waals surface area (Å²) in [4.78, 5) is 13.5. The lowest BCUT2D eigenvalue weighted by Crippen LogP contribution is -2.46. The Bertz CT molecular complexity index is 591. The zero-order chi connectivity index (χ0) is 16.9. The number of anilines is 1. The lowest BCUT2D eigenvalue weighted by atomic mass is 9.99. The molecule has 3 rings (SSSR count). The van der Waals surface area contributed by atoms with Crippen LogP contribution in [0.2, 0.25) is 0 Å². The first-order valence-corrected chi connectivity index (χ1v) is 8.66. The summed E-state index contributed by atoms with van der Waals surface area (Å²) < 4.78 is 5.44. The molecule has 2 aliphatic heterocycles. The molecule has 0 aromatic heterocycles. The minimum atomic E-state index is -0.327. The van der Waals surface area contributed by atoms with Gasteiger partial charge < -0.3 is 15.0 Å². The minimum absolute atomic E-state index is 0.132. The number of piperidine rings is 1. The van der Waals surface area contributed by atoms with Gasteiger partial charge in [0, 0.05) is 44.5 Å². The van der Waals surface area contributed by atoms with Crippen LogP contribution in [0.5, 0.6) is 0 Å². The van der Waals surface area contributed by atoms with Gasteiger partial charge in [-0.3, -0.25) is 10.1 Å². The van der Waals surface area contributed by atoms with Crippen LogP contribution in [-0.4, -0.2) is 48.2 Å². The van der Waals surface area contributed by atoms with E-state index in [2.05, 4.69) is 16.8 Å². The normalized spacial score (nSPS) is 20.7. The van der Waals surface area contributed by atoms with E-state index in [1.807, 2.05) is 6.07 Å². The maximum Gasteiger partial charge on any atom is 0.292 e. The number of benzene rings is 1. The molecule has 6 nitrogen and oxygen atoms in total. The predicted octanol–water partition coefficient (Wildman–Crippen LogP) is 3.29. The van der Waals surface area contributed by atoms with Crippen LogP contribution >= 0.6 is 0 Å². The second kappa shape index (κ2) is 7.77. The van der Waals surface area contributed by atoms with Crippen LogP contribution in [0, 0.1) is 10.1 Å². The number of nitrogens with one attached hydrogen (secondary N) is 1. The van der Waals surface area contributed by atoms with Crippen molar-refractivity contribution in [2.24, 2.45) is 0 Å². The average molecular weight is 331 g/mol. The maximum absolute atomic E-state index is 11.2. The third kappa shape index (κ3) is 3.94. The topological polar surface area (TPSA) is 67.6 Å². The highest BCUT2D eigenvalue weighted by Crippen LogP contribution is 2.29. The molecule has 1 aromatic carbocycles. The van der Waals surface area contributed by atoms with Gasteiger partial charge in [-0.1, -0.05) is 12.7 Å². The number of likely N-dealkylation sites (tertiary alicyclic amines) is 1. The van der Waals surface area contributed by atoms with Crippen LogP contribution in [0.1, 0.15) is 31.2 Å². The summed E-state index contributed by atoms with van der Waals surface area (Å²) in [5.74, 6) is 0. The van der Waals surface area contributed by atoms with Gasteiger partial charge in [-0.25, -0.2) is 0 Å². The third-order valence-corrected chi connectivity index (χ3v) is 5.05. The Kier molecular flexibility index (Phi) is 5.48. The number of nitro groups is 1. The van der Waals surface area contributed by atoms with Gasteiger partial charge in [0.15, 0.2) is 0 Å². The van der Waals surface area contributed by atoms with Crippen LogP contribution in [-0.2, 0) is 4.74 Å². The molecule has 0 aliphatic carbocycles. The van der Waals surface area contributed by atoms with E-state index in [1.165, 1.54) is 0 Å². The number of ether oxygens (including phenoxy) is 1. The lowest BCUT2D eigenvalue weighted by Gasteiger charge is -2.39. The van der Waals surface area contributed by atoms with Crippen LogP contribution < -0.4 is 5.32 Å². The number of hydrogen-bond donors (Lipinski definition) is 1. The standard InChI is InChI=1S/C18H25N3O3/c1-2-14-3-4-18(21(22)23)17(13-14)19-15-5-9-20(10-6-15)16-7-11-24-12-8-16/h2-4,13,15-16,19H,1,5-12H2. The summed E-state index contributed by atoms with van der Waals surface area (Å²) >= 11 is 0. The van der Waals surface area contributed by atoms with Crippen molar-refractivity contribution in [3.8, 4) is 0 Å². The van der Waals surface area contributed by atoms with Gasteiger partial charge >= 0.3 is 0 Å². The zero-order valence-corrected chi connectivity index (χ0v) is 13.9. The molecular weight excluding hydrogens is 306 g/mol. The van der Waals surface area contributed by atoms with Crippen LogP contribution in [0.25, 0.3) is 6.08 Å². The van der Waals surface area contributed by atoms with Crippen molar-refractivity contribution in [3.05, 3.63) is 40.5 Å². The first-order valence-electron chi connectivity index (χ1n) is 8.66. The second-order valence-corrected chi connectivity index (χ2v) is 6.54. The van der Waals surface area contributed by atoms with Gasteiger partial charge in [-0.05, 0) is 43.4 Å². The Hall–Kier alpha value is -1.92. The van der Waals surface area contributed by atoms with E-state index >= 15 is 0 Å². The van der Waals surface area contributed by atoms with Gasteiger partial charge in [-0.15, -0.1) is 0 Å². The van der Waals surface area contributed by atoms with Gasteiger partial charge in [-0.2, -0.15) is 0 Å². The molecule has 0 spiro atoms. The van der Waals surface area contributed by atoms with E-state index in [0.717, 1.165) is 57.6 Å². The molecule has 2 aliphatic rings. The van der Waals surface area contributed by atoms with Crippen molar-refractivity contribution >= 4 is 17.5 Å². The Balaban J connectivity index is 1.61. The van der Waals surface area contributed by atoms with Crippen LogP contribution in [0.4, 0.5) is 11.4 Å². The molecule has 0 atom stereocenters. The van der Waals surface area contributed by atoms with Crippen molar-refractivity contribution in [1.29, 1.82) is 0 Å². The smallest absolute Gasteiger partial charge is 0.292 e. The van der Waals surface area contributed by atoms with Gasteiger partial charge in [0.1, 0.15) is 5.69 Å². The summed E-state index contributed by atoms with van der Waals surface area (Å²) in [6, 6.07) is 6.01. The Morgan fingerprint density at radius 1 is 1.25 bits per heavy atom. The highest BCUT2D eigenvalue weighted by atomic mass is 16.6. The monoisotopic (exact) mass is 331 g/mol. The van der Waals surface area contributed by atoms with Gasteiger partial charge in [0.05, 0.1) is 4.92 Å². The van der Waals surface area contributed by atoms with Crippen molar-refractivity contribution < 1.29 is 9.66 Å². The van der Waals surface area contributed by atoms with Crippen LogP contribution in [0.15, 0.2) is 24.8 Å². The number of rotatable bonds is 5. The molecule has 0 unspecified atom stereocenters. The summed E-state index contributed by atoms with van der Waals surface area (Å²) in [6.07, 6.45) is 5.96. The van der Waals surface area contributed by atoms with Gasteiger partial charge in [0.2, 0.25) is 0 Å². The molecule has 24 heavy (non-hydrogen) atoms. The molecule has 0 saturated carbocycles. The van der Waals surface area contributed by atoms with Crippen molar-refractivity contribution in [1.82, 2.24) is 4.90 Å². The van der Waals surface area contributed by atoms with Crippen LogP contribution in [0.3, 0.4) is 0 Å². The molecule has 0 bridgehead atoms. The van der Waals surface area contributed by atoms with E-state index < -0.39 is 0 Å². The van der Waals surface area contributed by atoms with E-state index in [-0.39, 0.29) is 16.7 Å². The molecule has 0 radical (unpaired) electrons. The molecular formula is C18H25N3O3. The Labute approximate surface area is 142 Å². The summed E-state index contributed by atoms with van der Waals surface area (Å²) in [7, 11) is 0. The molecule has 1 N–H and O–H groups in total. The first kappa shape index (κ1) is 16.9. The van der Waals surface area contributed by atoms with Crippen molar-refractivity contribution in [2.75, 3.05) is 31.6 Å². The summed E-state index contributed by atoms with van der Waals surface area (Å²) in [6.45, 7) is 7.55. The molecule has 130 valence electrons. The van der Waals surface area contributed by atoms with Gasteiger partial charge in [0.25, 0.3) is 5.69 Å². The second-order valence-electron chi connectivity index (χ2n) is 6.54. The molecule has 0 amide bonds. The average Bonchev–Trinajstić information content (AvgIpc) is 2.63. The predicted molar refractivity (Wildman–Crippen MR) is 95.2 cm³/mol. The number of hydrogen-bond acceptors (Lipinski definition) is 5. The van der Waals surface area contributed by atoms with E-state index in [4.69, 9.17) is 4.74 Å². The highest BCUT2D eigenvalue weighted by molar-refractivity contribution is 5.67. The third-order valence-electron chi connectivity index (χ3n) is 5.05. The quantitative estimate of drug-likeness (QED) is 0.662. The maximum atomic E-state index is 11.2. The SMILES string of the molecule is C=Cc1ccc([N+](=O)[O-])c(NC2CCN(C3CCOCC3)CC2)c1. The Morgan fingerprint density at radius 2 is 1.96 bits per heavy atom. The Morgan fingerprint density at radius 3 is 2.58 bits per heavy atom. The largest absolute Gasteiger partial charge is 0.381 e. The summed E-state index contributed by atoms with van der Waals surface area (Å²) in [5.41, 5.74) is 1.62. The highest BCUT2D eigenvalue weighted by Gasteiger charge is 2.27. The minimum Gasteiger partial charge on any atom is -0.381 e. The van der Waals surface area contributed by atoms with E-state index in [1.54, 1.807) is 18.2 Å². The zero-order valence-electron chi connectivity index (χ0n) is 13.9. The first-order chi connectivity index (χ1) is 11.7. The molecule has 2 saturated heterocycles. The molecule has 2 fully saturated rings. The number of nitrogens with zero attached hydrogens (tertiary/aromatic N) is 2. The van der Waals surface area contributed by atoms with Crippen molar-refractivity contribution in [3.63, 3.8) is 0 Å². The van der Waals surface area contributed by atoms with Crippen molar-refractivity contribution in [2.45, 2.75) is 37.8 Å². The van der Waals surface area contributed by atoms with E-state index in [9.17, 15) is 10.1 Å². The fourth-order valence-electron chi connectivity index (χ4n) is 3.63. The fraction of sp³-hybridized carbons (Fsp3) is 0.556. The molecule has 2 heterocycles. The number of nitro benzene ring substituents is 1. The molecule has 1 aromatic rings.